The molecule has 0 aromatic heterocycles. The Morgan fingerprint density at radius 2 is 2.00 bits per heavy atom. The van der Waals surface area contributed by atoms with Crippen molar-refractivity contribution in [3.05, 3.63) is 0 Å². The van der Waals surface area contributed by atoms with E-state index in [4.69, 9.17) is 4.74 Å². The van der Waals surface area contributed by atoms with E-state index in [0.717, 1.165) is 32.5 Å². The summed E-state index contributed by atoms with van der Waals surface area (Å²) in [5, 5.41) is 3.37. The molecule has 0 spiro atoms. The Balaban J connectivity index is 1.90. The molecule has 2 aliphatic heterocycles. The Kier molecular flexibility index (Phi) is 4.85. The summed E-state index contributed by atoms with van der Waals surface area (Å²) in [5.41, 5.74) is 0.435. The molecular formula is C15H28N2O2. The second-order valence-electron chi connectivity index (χ2n) is 6.30. The molecule has 110 valence electrons. The Labute approximate surface area is 116 Å². The molecule has 0 aromatic carbocycles. The molecule has 0 aromatic rings. The Morgan fingerprint density at radius 1 is 1.32 bits per heavy atom. The largest absolute Gasteiger partial charge is 0.379 e. The smallest absolute Gasteiger partial charge is 0.229 e. The van der Waals surface area contributed by atoms with E-state index < -0.39 is 0 Å². The number of hydrogen-bond acceptors (Lipinski definition) is 3. The van der Waals surface area contributed by atoms with Crippen molar-refractivity contribution in [2.75, 3.05) is 32.8 Å². The van der Waals surface area contributed by atoms with Crippen LogP contribution in [0.25, 0.3) is 0 Å². The summed E-state index contributed by atoms with van der Waals surface area (Å²) in [6.45, 7) is 10.7. The van der Waals surface area contributed by atoms with Crippen LogP contribution in [0.1, 0.15) is 40.0 Å². The van der Waals surface area contributed by atoms with Gasteiger partial charge in [0, 0.05) is 19.1 Å². The maximum absolute atomic E-state index is 12.6. The van der Waals surface area contributed by atoms with Crippen molar-refractivity contribution in [1.82, 2.24) is 10.2 Å². The van der Waals surface area contributed by atoms with Gasteiger partial charge in [-0.2, -0.15) is 0 Å². The number of piperidine rings is 1. The van der Waals surface area contributed by atoms with Gasteiger partial charge < -0.3 is 15.0 Å². The number of carbonyl (C=O) groups is 1. The molecule has 2 unspecified atom stereocenters. The third-order valence-corrected chi connectivity index (χ3v) is 5.00. The van der Waals surface area contributed by atoms with Crippen LogP contribution in [0.3, 0.4) is 0 Å². The van der Waals surface area contributed by atoms with Gasteiger partial charge in [-0.3, -0.25) is 4.79 Å². The van der Waals surface area contributed by atoms with Crippen LogP contribution in [0.2, 0.25) is 0 Å². The molecule has 2 fully saturated rings. The van der Waals surface area contributed by atoms with E-state index in [1.165, 1.54) is 6.42 Å². The van der Waals surface area contributed by atoms with Crippen molar-refractivity contribution in [2.45, 2.75) is 46.1 Å². The van der Waals surface area contributed by atoms with Crippen LogP contribution in [-0.4, -0.2) is 49.7 Å². The lowest BCUT2D eigenvalue weighted by atomic mass is 9.78. The minimum Gasteiger partial charge on any atom is -0.379 e. The summed E-state index contributed by atoms with van der Waals surface area (Å²) in [4.78, 5) is 14.6. The third-order valence-electron chi connectivity index (χ3n) is 5.00. The molecule has 2 rings (SSSR count). The molecule has 0 saturated carbocycles. The van der Waals surface area contributed by atoms with Gasteiger partial charge in [-0.15, -0.1) is 0 Å². The second-order valence-corrected chi connectivity index (χ2v) is 6.30. The van der Waals surface area contributed by atoms with Crippen molar-refractivity contribution in [3.63, 3.8) is 0 Å². The molecule has 2 atom stereocenters. The second kappa shape index (κ2) is 6.23. The predicted octanol–water partition coefficient (Wildman–Crippen LogP) is 1.65. The summed E-state index contributed by atoms with van der Waals surface area (Å²) in [6, 6.07) is 0.206. The van der Waals surface area contributed by atoms with E-state index >= 15 is 0 Å². The maximum atomic E-state index is 12.6. The van der Waals surface area contributed by atoms with E-state index in [1.54, 1.807) is 0 Å². The van der Waals surface area contributed by atoms with Crippen LogP contribution in [0.4, 0.5) is 0 Å². The Hall–Kier alpha value is -0.610. The quantitative estimate of drug-likeness (QED) is 0.843. The molecule has 2 heterocycles. The third kappa shape index (κ3) is 3.29. The zero-order chi connectivity index (χ0) is 13.9. The highest BCUT2D eigenvalue weighted by atomic mass is 16.5. The SMILES string of the molecule is CCNC1COCC1C(=O)N1CCC(C)(CC)CC1. The van der Waals surface area contributed by atoms with Gasteiger partial charge in [0.2, 0.25) is 5.91 Å². The zero-order valence-corrected chi connectivity index (χ0v) is 12.6. The molecule has 0 bridgehead atoms. The van der Waals surface area contributed by atoms with E-state index in [1.807, 2.05) is 0 Å². The Bertz CT molecular complexity index is 311. The average molecular weight is 268 g/mol. The van der Waals surface area contributed by atoms with Gasteiger partial charge in [0.25, 0.3) is 0 Å². The summed E-state index contributed by atoms with van der Waals surface area (Å²) in [5.74, 6) is 0.313. The molecule has 2 saturated heterocycles. The van der Waals surface area contributed by atoms with E-state index in [0.29, 0.717) is 24.5 Å². The minimum atomic E-state index is 0.0194. The number of amides is 1. The highest BCUT2D eigenvalue weighted by Crippen LogP contribution is 2.34. The van der Waals surface area contributed by atoms with Crippen LogP contribution in [0.15, 0.2) is 0 Å². The Morgan fingerprint density at radius 3 is 2.58 bits per heavy atom. The van der Waals surface area contributed by atoms with Crippen molar-refractivity contribution >= 4 is 5.91 Å². The first-order valence-corrected chi connectivity index (χ1v) is 7.69. The van der Waals surface area contributed by atoms with Gasteiger partial charge in [-0.05, 0) is 24.8 Å². The van der Waals surface area contributed by atoms with Gasteiger partial charge in [-0.1, -0.05) is 27.2 Å². The first kappa shape index (κ1) is 14.8. The predicted molar refractivity (Wildman–Crippen MR) is 76.0 cm³/mol. The van der Waals surface area contributed by atoms with Crippen LogP contribution in [0, 0.1) is 11.3 Å². The first-order valence-electron chi connectivity index (χ1n) is 7.69. The maximum Gasteiger partial charge on any atom is 0.229 e. The molecule has 4 heteroatoms. The van der Waals surface area contributed by atoms with Gasteiger partial charge >= 0.3 is 0 Å². The topological polar surface area (TPSA) is 41.6 Å². The average Bonchev–Trinajstić information content (AvgIpc) is 2.88. The zero-order valence-electron chi connectivity index (χ0n) is 12.6. The number of ether oxygens (including phenoxy) is 1. The number of likely N-dealkylation sites (tertiary alicyclic amines) is 1. The van der Waals surface area contributed by atoms with Gasteiger partial charge in [0.1, 0.15) is 0 Å². The molecule has 2 aliphatic rings. The number of likely N-dealkylation sites (N-methyl/N-ethyl adjacent to an activating group) is 1. The van der Waals surface area contributed by atoms with Crippen molar-refractivity contribution in [1.29, 1.82) is 0 Å². The lowest BCUT2D eigenvalue weighted by molar-refractivity contribution is -0.138. The number of rotatable bonds is 4. The standard InChI is InChI=1S/C15H28N2O2/c1-4-15(3)6-8-17(9-7-15)14(18)12-10-19-11-13(12)16-5-2/h12-13,16H,4-11H2,1-3H3. The van der Waals surface area contributed by atoms with Crippen LogP contribution < -0.4 is 5.32 Å². The summed E-state index contributed by atoms with van der Waals surface area (Å²) >= 11 is 0. The van der Waals surface area contributed by atoms with Gasteiger partial charge in [0.05, 0.1) is 19.1 Å². The molecule has 19 heavy (non-hydrogen) atoms. The molecule has 0 radical (unpaired) electrons. The van der Waals surface area contributed by atoms with Crippen LogP contribution in [-0.2, 0) is 9.53 Å². The molecule has 0 aliphatic carbocycles. The molecular weight excluding hydrogens is 240 g/mol. The molecule has 4 nitrogen and oxygen atoms in total. The molecule has 1 amide bonds. The molecule has 1 N–H and O–H groups in total. The highest BCUT2D eigenvalue weighted by molar-refractivity contribution is 5.80. The first-order chi connectivity index (χ1) is 9.09. The van der Waals surface area contributed by atoms with Crippen molar-refractivity contribution < 1.29 is 9.53 Å². The summed E-state index contributed by atoms with van der Waals surface area (Å²) in [7, 11) is 0. The van der Waals surface area contributed by atoms with Gasteiger partial charge in [-0.25, -0.2) is 0 Å². The number of nitrogens with zero attached hydrogens (tertiary/aromatic N) is 1. The fourth-order valence-electron chi connectivity index (χ4n) is 3.12. The monoisotopic (exact) mass is 268 g/mol. The lowest BCUT2D eigenvalue weighted by Crippen LogP contribution is -2.49. The van der Waals surface area contributed by atoms with Crippen molar-refractivity contribution in [2.24, 2.45) is 11.3 Å². The fourth-order valence-corrected chi connectivity index (χ4v) is 3.12. The van der Waals surface area contributed by atoms with Crippen molar-refractivity contribution in [3.8, 4) is 0 Å². The normalized spacial score (nSPS) is 30.6. The van der Waals surface area contributed by atoms with Crippen LogP contribution in [0.5, 0.6) is 0 Å². The lowest BCUT2D eigenvalue weighted by Gasteiger charge is -2.40. The van der Waals surface area contributed by atoms with E-state index in [2.05, 4.69) is 31.0 Å². The highest BCUT2D eigenvalue weighted by Gasteiger charge is 2.38. The summed E-state index contributed by atoms with van der Waals surface area (Å²) in [6.07, 6.45) is 3.48. The summed E-state index contributed by atoms with van der Waals surface area (Å²) < 4.78 is 5.49. The van der Waals surface area contributed by atoms with E-state index in [9.17, 15) is 4.79 Å². The van der Waals surface area contributed by atoms with Crippen LogP contribution >= 0.6 is 0 Å². The minimum absolute atomic E-state index is 0.0194. The van der Waals surface area contributed by atoms with Gasteiger partial charge in [0.15, 0.2) is 0 Å². The number of hydrogen-bond donors (Lipinski definition) is 1. The number of carbonyl (C=O) groups excluding carboxylic acids is 1. The number of nitrogens with one attached hydrogen (secondary N) is 1. The van der Waals surface area contributed by atoms with E-state index in [-0.39, 0.29) is 12.0 Å². The fraction of sp³-hybridized carbons (Fsp3) is 0.933.